The van der Waals surface area contributed by atoms with Gasteiger partial charge < -0.3 is 11.1 Å². The van der Waals surface area contributed by atoms with Crippen molar-refractivity contribution in [1.29, 1.82) is 0 Å². The summed E-state index contributed by atoms with van der Waals surface area (Å²) in [7, 11) is 0. The van der Waals surface area contributed by atoms with Crippen LogP contribution < -0.4 is 27.4 Å². The zero-order valence-corrected chi connectivity index (χ0v) is 8.99. The molecule has 7 heteroatoms. The minimum Gasteiger partial charge on any atom is -0.366 e. The molecule has 1 aromatic carbocycles. The molecule has 90 valence electrons. The van der Waals surface area contributed by atoms with Gasteiger partial charge in [-0.05, 0) is 12.1 Å². The minimum atomic E-state index is -0.573. The van der Waals surface area contributed by atoms with E-state index in [1.807, 2.05) is 0 Å². The summed E-state index contributed by atoms with van der Waals surface area (Å²) < 4.78 is 0. The van der Waals surface area contributed by atoms with Gasteiger partial charge in [-0.3, -0.25) is 9.59 Å². The van der Waals surface area contributed by atoms with Gasteiger partial charge in [-0.2, -0.15) is 5.53 Å². The molecule has 0 saturated carbocycles. The van der Waals surface area contributed by atoms with Crippen molar-refractivity contribution < 1.29 is 9.59 Å². The highest BCUT2D eigenvalue weighted by atomic mass is 16.2. The Bertz CT molecular complexity index is 442. The third kappa shape index (κ3) is 2.59. The van der Waals surface area contributed by atoms with E-state index < -0.39 is 11.9 Å². The van der Waals surface area contributed by atoms with E-state index in [0.717, 1.165) is 0 Å². The molecule has 6 N–H and O–H groups in total. The molecule has 17 heavy (non-hydrogen) atoms. The number of rotatable bonds is 3. The lowest BCUT2D eigenvalue weighted by Gasteiger charge is -2.11. The molecule has 1 fully saturated rings. The van der Waals surface area contributed by atoms with Crippen LogP contribution in [0.15, 0.2) is 24.3 Å². The van der Waals surface area contributed by atoms with E-state index in [2.05, 4.69) is 21.7 Å². The zero-order chi connectivity index (χ0) is 12.3. The molecular formula is C10H13N5O2. The summed E-state index contributed by atoms with van der Waals surface area (Å²) in [6.07, 6.45) is 0. The average molecular weight is 235 g/mol. The predicted octanol–water partition coefficient (Wildman–Crippen LogP) is -1.29. The predicted molar refractivity (Wildman–Crippen MR) is 61.7 cm³/mol. The smallest absolute Gasteiger partial charge is 0.250 e. The third-order valence-electron chi connectivity index (χ3n) is 2.41. The summed E-state index contributed by atoms with van der Waals surface area (Å²) in [5, 5.41) is 2.65. The van der Waals surface area contributed by atoms with Crippen LogP contribution in [0.3, 0.4) is 0 Å². The first-order valence-corrected chi connectivity index (χ1v) is 5.11. The van der Waals surface area contributed by atoms with Gasteiger partial charge in [-0.1, -0.05) is 12.1 Å². The van der Waals surface area contributed by atoms with Crippen LogP contribution in [0.4, 0.5) is 5.69 Å². The molecular weight excluding hydrogens is 222 g/mol. The van der Waals surface area contributed by atoms with Crippen molar-refractivity contribution in [3.63, 3.8) is 0 Å². The third-order valence-corrected chi connectivity index (χ3v) is 2.41. The second kappa shape index (κ2) is 4.91. The number of carbonyl (C=O) groups is 2. The molecule has 2 rings (SSSR count). The summed E-state index contributed by atoms with van der Waals surface area (Å²) in [5.41, 5.74) is 14.0. The first kappa shape index (κ1) is 11.5. The summed E-state index contributed by atoms with van der Waals surface area (Å²) in [6.45, 7) is 0.463. The van der Waals surface area contributed by atoms with Crippen LogP contribution in [-0.2, 0) is 4.79 Å². The number of benzene rings is 1. The van der Waals surface area contributed by atoms with Crippen LogP contribution in [0, 0.1) is 0 Å². The maximum Gasteiger partial charge on any atom is 0.250 e. The minimum absolute atomic E-state index is 0.240. The van der Waals surface area contributed by atoms with Gasteiger partial charge in [0, 0.05) is 6.54 Å². The van der Waals surface area contributed by atoms with Gasteiger partial charge in [-0.15, -0.1) is 0 Å². The standard InChI is InChI=1S/C10H13N5O2/c11-9(16)6-3-1-2-4-7(6)13-10(17)8-5-12-15-14-8/h1-4,8,12,14-15H,5H2,(H2,11,16)(H,13,17). The summed E-state index contributed by atoms with van der Waals surface area (Å²) in [6, 6.07) is 6.22. The molecule has 1 aromatic rings. The molecule has 0 aromatic heterocycles. The van der Waals surface area contributed by atoms with Crippen LogP contribution in [-0.4, -0.2) is 24.4 Å². The van der Waals surface area contributed by atoms with Crippen LogP contribution in [0.25, 0.3) is 0 Å². The van der Waals surface area contributed by atoms with Crippen LogP contribution in [0.1, 0.15) is 10.4 Å². The highest BCUT2D eigenvalue weighted by Crippen LogP contribution is 2.14. The molecule has 1 aliphatic heterocycles. The van der Waals surface area contributed by atoms with Crippen molar-refractivity contribution in [3.8, 4) is 0 Å². The Balaban J connectivity index is 2.12. The summed E-state index contributed by atoms with van der Waals surface area (Å²) >= 11 is 0. The zero-order valence-electron chi connectivity index (χ0n) is 8.99. The first-order chi connectivity index (χ1) is 8.18. The van der Waals surface area contributed by atoms with E-state index in [-0.39, 0.29) is 5.91 Å². The van der Waals surface area contributed by atoms with Crippen LogP contribution in [0.5, 0.6) is 0 Å². The Hall–Kier alpha value is -1.96. The second-order valence-electron chi connectivity index (χ2n) is 3.60. The fourth-order valence-electron chi connectivity index (χ4n) is 1.53. The van der Waals surface area contributed by atoms with Gasteiger partial charge in [0.15, 0.2) is 0 Å². The van der Waals surface area contributed by atoms with Gasteiger partial charge in [-0.25, -0.2) is 10.9 Å². The van der Waals surface area contributed by atoms with Crippen LogP contribution in [0.2, 0.25) is 0 Å². The topological polar surface area (TPSA) is 108 Å². The molecule has 1 saturated heterocycles. The molecule has 7 nitrogen and oxygen atoms in total. The highest BCUT2D eigenvalue weighted by Gasteiger charge is 2.22. The summed E-state index contributed by atoms with van der Waals surface area (Å²) in [5.74, 6) is -0.812. The number of hydrogen-bond acceptors (Lipinski definition) is 5. The SMILES string of the molecule is NC(=O)c1ccccc1NC(=O)C1CNNN1. The Morgan fingerprint density at radius 3 is 2.76 bits per heavy atom. The monoisotopic (exact) mass is 235 g/mol. The maximum absolute atomic E-state index is 11.8. The number of nitrogens with one attached hydrogen (secondary N) is 4. The number of hydrazine groups is 2. The van der Waals surface area contributed by atoms with Gasteiger partial charge in [0.05, 0.1) is 11.3 Å². The van der Waals surface area contributed by atoms with Gasteiger partial charge in [0.1, 0.15) is 6.04 Å². The van der Waals surface area contributed by atoms with Crippen molar-refractivity contribution >= 4 is 17.5 Å². The summed E-state index contributed by atoms with van der Waals surface area (Å²) in [4.78, 5) is 22.9. The normalized spacial score (nSPS) is 18.9. The van der Waals surface area contributed by atoms with E-state index in [4.69, 9.17) is 5.73 Å². The molecule has 1 unspecified atom stereocenters. The van der Waals surface area contributed by atoms with Crippen molar-refractivity contribution in [3.05, 3.63) is 29.8 Å². The van der Waals surface area contributed by atoms with E-state index >= 15 is 0 Å². The molecule has 1 aliphatic rings. The molecule has 1 heterocycles. The Labute approximate surface area is 97.7 Å². The fourth-order valence-corrected chi connectivity index (χ4v) is 1.53. The average Bonchev–Trinajstić information content (AvgIpc) is 2.83. The van der Waals surface area contributed by atoms with Crippen molar-refractivity contribution in [2.24, 2.45) is 5.73 Å². The molecule has 0 radical (unpaired) electrons. The lowest BCUT2D eigenvalue weighted by Crippen LogP contribution is -2.41. The second-order valence-corrected chi connectivity index (χ2v) is 3.60. The highest BCUT2D eigenvalue weighted by molar-refractivity contribution is 6.04. The Morgan fingerprint density at radius 1 is 1.35 bits per heavy atom. The molecule has 2 amide bonds. The van der Waals surface area contributed by atoms with Crippen molar-refractivity contribution in [1.82, 2.24) is 16.4 Å². The number of hydrogen-bond donors (Lipinski definition) is 5. The molecule has 0 bridgehead atoms. The van der Waals surface area contributed by atoms with Crippen molar-refractivity contribution in [2.75, 3.05) is 11.9 Å². The van der Waals surface area contributed by atoms with E-state index in [1.54, 1.807) is 24.3 Å². The number of primary amides is 1. The molecule has 0 aliphatic carbocycles. The number of para-hydroxylation sites is 1. The number of amides is 2. The molecule has 1 atom stereocenters. The van der Waals surface area contributed by atoms with Crippen molar-refractivity contribution in [2.45, 2.75) is 6.04 Å². The first-order valence-electron chi connectivity index (χ1n) is 5.11. The fraction of sp³-hybridized carbons (Fsp3) is 0.200. The Kier molecular flexibility index (Phi) is 3.33. The van der Waals surface area contributed by atoms with E-state index in [9.17, 15) is 9.59 Å². The lowest BCUT2D eigenvalue weighted by atomic mass is 10.1. The number of anilines is 1. The van der Waals surface area contributed by atoms with E-state index in [0.29, 0.717) is 17.8 Å². The largest absolute Gasteiger partial charge is 0.366 e. The van der Waals surface area contributed by atoms with Gasteiger partial charge in [0.25, 0.3) is 5.91 Å². The number of carbonyl (C=O) groups excluding carboxylic acids is 2. The van der Waals surface area contributed by atoms with Gasteiger partial charge in [0.2, 0.25) is 5.91 Å². The maximum atomic E-state index is 11.8. The number of nitrogens with two attached hydrogens (primary N) is 1. The lowest BCUT2D eigenvalue weighted by molar-refractivity contribution is -0.117. The van der Waals surface area contributed by atoms with Gasteiger partial charge >= 0.3 is 0 Å². The Morgan fingerprint density at radius 2 is 2.12 bits per heavy atom. The quantitative estimate of drug-likeness (QED) is 0.448. The molecule has 0 spiro atoms. The van der Waals surface area contributed by atoms with E-state index in [1.165, 1.54) is 0 Å². The van der Waals surface area contributed by atoms with Crippen LogP contribution >= 0.6 is 0 Å².